The SMILES string of the molecule is CN(C)c1ccc([C@H](CN)S(=O)(=O)c2ccccc2)cc1. The Bertz CT molecular complexity index is 680. The summed E-state index contributed by atoms with van der Waals surface area (Å²) in [6.07, 6.45) is 0. The monoisotopic (exact) mass is 304 g/mol. The summed E-state index contributed by atoms with van der Waals surface area (Å²) in [4.78, 5) is 2.27. The maximum atomic E-state index is 12.7. The van der Waals surface area contributed by atoms with Crippen molar-refractivity contribution in [2.45, 2.75) is 10.1 Å². The molecule has 4 nitrogen and oxygen atoms in total. The van der Waals surface area contributed by atoms with Gasteiger partial charge in [0.1, 0.15) is 5.25 Å². The molecule has 0 aliphatic carbocycles. The average molecular weight is 304 g/mol. The molecule has 5 heteroatoms. The Balaban J connectivity index is 2.40. The Morgan fingerprint density at radius 3 is 2.05 bits per heavy atom. The van der Waals surface area contributed by atoms with Crippen molar-refractivity contribution in [1.82, 2.24) is 0 Å². The topological polar surface area (TPSA) is 63.4 Å². The highest BCUT2D eigenvalue weighted by Crippen LogP contribution is 2.29. The van der Waals surface area contributed by atoms with E-state index in [1.807, 2.05) is 43.3 Å². The van der Waals surface area contributed by atoms with Crippen LogP contribution in [-0.2, 0) is 9.84 Å². The van der Waals surface area contributed by atoms with Crippen LogP contribution in [0, 0.1) is 0 Å². The van der Waals surface area contributed by atoms with Crippen molar-refractivity contribution in [3.8, 4) is 0 Å². The van der Waals surface area contributed by atoms with Crippen LogP contribution in [0.15, 0.2) is 59.5 Å². The van der Waals surface area contributed by atoms with Gasteiger partial charge < -0.3 is 10.6 Å². The molecule has 0 aliphatic rings. The first-order valence-corrected chi connectivity index (χ1v) is 8.27. The molecular formula is C16H20N2O2S. The third-order valence-electron chi connectivity index (χ3n) is 3.44. The minimum absolute atomic E-state index is 0.0541. The highest BCUT2D eigenvalue weighted by molar-refractivity contribution is 7.91. The van der Waals surface area contributed by atoms with Gasteiger partial charge in [-0.2, -0.15) is 0 Å². The van der Waals surface area contributed by atoms with E-state index in [0.717, 1.165) is 5.69 Å². The highest BCUT2D eigenvalue weighted by atomic mass is 32.2. The van der Waals surface area contributed by atoms with Gasteiger partial charge in [-0.25, -0.2) is 8.42 Å². The normalized spacial score (nSPS) is 12.9. The summed E-state index contributed by atoms with van der Waals surface area (Å²) in [5, 5.41) is -0.726. The van der Waals surface area contributed by atoms with Crippen molar-refractivity contribution in [2.24, 2.45) is 5.73 Å². The summed E-state index contributed by atoms with van der Waals surface area (Å²) in [6, 6.07) is 15.9. The van der Waals surface area contributed by atoms with Crippen LogP contribution in [0.4, 0.5) is 5.69 Å². The van der Waals surface area contributed by atoms with Gasteiger partial charge in [-0.1, -0.05) is 30.3 Å². The smallest absolute Gasteiger partial charge is 0.186 e. The van der Waals surface area contributed by atoms with Gasteiger partial charge in [0.2, 0.25) is 0 Å². The lowest BCUT2D eigenvalue weighted by Crippen LogP contribution is -2.22. The van der Waals surface area contributed by atoms with Crippen LogP contribution in [0.1, 0.15) is 10.8 Å². The lowest BCUT2D eigenvalue weighted by atomic mass is 10.1. The molecule has 0 bridgehead atoms. The molecule has 0 saturated heterocycles. The molecule has 0 aliphatic heterocycles. The summed E-state index contributed by atoms with van der Waals surface area (Å²) < 4.78 is 25.4. The zero-order valence-electron chi connectivity index (χ0n) is 12.2. The fourth-order valence-electron chi connectivity index (χ4n) is 2.20. The second-order valence-corrected chi connectivity index (χ2v) is 7.20. The van der Waals surface area contributed by atoms with Gasteiger partial charge in [-0.05, 0) is 29.8 Å². The standard InChI is InChI=1S/C16H20N2O2S/c1-18(2)14-10-8-13(9-11-14)16(12-17)21(19,20)15-6-4-3-5-7-15/h3-11,16H,12,17H2,1-2H3/t16-/m0/s1. The quantitative estimate of drug-likeness (QED) is 0.920. The summed E-state index contributed by atoms with van der Waals surface area (Å²) in [7, 11) is 0.405. The van der Waals surface area contributed by atoms with Crippen LogP contribution in [0.2, 0.25) is 0 Å². The molecule has 2 N–H and O–H groups in total. The minimum atomic E-state index is -3.48. The van der Waals surface area contributed by atoms with Gasteiger partial charge in [0, 0.05) is 26.3 Å². The molecule has 1 atom stereocenters. The van der Waals surface area contributed by atoms with E-state index in [1.54, 1.807) is 30.3 Å². The first-order valence-electron chi connectivity index (χ1n) is 6.73. The Labute approximate surface area is 126 Å². The van der Waals surface area contributed by atoms with Crippen LogP contribution in [0.3, 0.4) is 0 Å². The van der Waals surface area contributed by atoms with E-state index in [1.165, 1.54) is 0 Å². The van der Waals surface area contributed by atoms with Crippen LogP contribution in [-0.4, -0.2) is 29.1 Å². The molecule has 0 heterocycles. The van der Waals surface area contributed by atoms with Crippen molar-refractivity contribution in [3.05, 3.63) is 60.2 Å². The number of rotatable bonds is 5. The minimum Gasteiger partial charge on any atom is -0.378 e. The Morgan fingerprint density at radius 1 is 1.00 bits per heavy atom. The van der Waals surface area contributed by atoms with Crippen molar-refractivity contribution >= 4 is 15.5 Å². The molecule has 0 unspecified atom stereocenters. The summed E-state index contributed by atoms with van der Waals surface area (Å²) in [5.41, 5.74) is 7.47. The van der Waals surface area contributed by atoms with Crippen LogP contribution in [0.25, 0.3) is 0 Å². The van der Waals surface area contributed by atoms with Gasteiger partial charge in [0.05, 0.1) is 4.90 Å². The maximum Gasteiger partial charge on any atom is 0.186 e. The molecule has 2 rings (SSSR count). The Morgan fingerprint density at radius 2 is 1.57 bits per heavy atom. The van der Waals surface area contributed by atoms with Crippen LogP contribution < -0.4 is 10.6 Å². The van der Waals surface area contributed by atoms with E-state index in [2.05, 4.69) is 0 Å². The van der Waals surface area contributed by atoms with Crippen molar-refractivity contribution in [2.75, 3.05) is 25.5 Å². The van der Waals surface area contributed by atoms with Crippen molar-refractivity contribution in [3.63, 3.8) is 0 Å². The van der Waals surface area contributed by atoms with E-state index >= 15 is 0 Å². The van der Waals surface area contributed by atoms with Crippen molar-refractivity contribution in [1.29, 1.82) is 0 Å². The molecule has 0 fully saturated rings. The molecule has 0 saturated carbocycles. The third kappa shape index (κ3) is 3.25. The van der Waals surface area contributed by atoms with E-state index in [-0.39, 0.29) is 6.54 Å². The second-order valence-electron chi connectivity index (χ2n) is 5.07. The molecule has 112 valence electrons. The second kappa shape index (κ2) is 6.28. The fraction of sp³-hybridized carbons (Fsp3) is 0.250. The zero-order valence-corrected chi connectivity index (χ0v) is 13.0. The highest BCUT2D eigenvalue weighted by Gasteiger charge is 2.27. The fourth-order valence-corrected chi connectivity index (χ4v) is 3.84. The molecule has 0 spiro atoms. The maximum absolute atomic E-state index is 12.7. The predicted molar refractivity (Wildman–Crippen MR) is 86.2 cm³/mol. The van der Waals surface area contributed by atoms with Crippen LogP contribution >= 0.6 is 0 Å². The van der Waals surface area contributed by atoms with Gasteiger partial charge in [-0.3, -0.25) is 0 Å². The summed E-state index contributed by atoms with van der Waals surface area (Å²) >= 11 is 0. The molecule has 0 radical (unpaired) electrons. The number of nitrogens with zero attached hydrogens (tertiary/aromatic N) is 1. The average Bonchev–Trinajstić information content (AvgIpc) is 2.49. The molecule has 0 aromatic heterocycles. The molecule has 0 amide bonds. The molecule has 2 aromatic rings. The molecule has 2 aromatic carbocycles. The first-order chi connectivity index (χ1) is 9.96. The number of hydrogen-bond acceptors (Lipinski definition) is 4. The molecule has 21 heavy (non-hydrogen) atoms. The van der Waals surface area contributed by atoms with E-state index in [9.17, 15) is 8.42 Å². The predicted octanol–water partition coefficient (Wildman–Crippen LogP) is 2.23. The number of benzene rings is 2. The van der Waals surface area contributed by atoms with Gasteiger partial charge in [0.25, 0.3) is 0 Å². The Kier molecular flexibility index (Phi) is 4.65. The van der Waals surface area contributed by atoms with Gasteiger partial charge in [-0.15, -0.1) is 0 Å². The van der Waals surface area contributed by atoms with E-state index in [4.69, 9.17) is 5.73 Å². The largest absolute Gasteiger partial charge is 0.378 e. The zero-order chi connectivity index (χ0) is 15.5. The molecular weight excluding hydrogens is 284 g/mol. The lowest BCUT2D eigenvalue weighted by Gasteiger charge is -2.18. The van der Waals surface area contributed by atoms with E-state index in [0.29, 0.717) is 10.5 Å². The van der Waals surface area contributed by atoms with Crippen molar-refractivity contribution < 1.29 is 8.42 Å². The lowest BCUT2D eigenvalue weighted by molar-refractivity contribution is 0.582. The number of anilines is 1. The first kappa shape index (κ1) is 15.5. The van der Waals surface area contributed by atoms with E-state index < -0.39 is 15.1 Å². The Hall–Kier alpha value is -1.85. The van der Waals surface area contributed by atoms with Gasteiger partial charge >= 0.3 is 0 Å². The third-order valence-corrected chi connectivity index (χ3v) is 5.58. The number of nitrogens with two attached hydrogens (primary N) is 1. The summed E-state index contributed by atoms with van der Waals surface area (Å²) in [6.45, 7) is 0.0541. The van der Waals surface area contributed by atoms with Crippen LogP contribution in [0.5, 0.6) is 0 Å². The number of hydrogen-bond donors (Lipinski definition) is 1. The van der Waals surface area contributed by atoms with Gasteiger partial charge in [0.15, 0.2) is 9.84 Å². The number of sulfone groups is 1. The summed E-state index contributed by atoms with van der Waals surface area (Å²) in [5.74, 6) is 0.